The predicted octanol–water partition coefficient (Wildman–Crippen LogP) is 7.14. The Morgan fingerprint density at radius 3 is 2.54 bits per heavy atom. The van der Waals surface area contributed by atoms with Gasteiger partial charge in [0, 0.05) is 34.1 Å². The fraction of sp³-hybridized carbons (Fsp3) is 0.214. The van der Waals surface area contributed by atoms with E-state index in [0.717, 1.165) is 32.8 Å². The normalized spacial score (nSPS) is 11.8. The molecule has 0 N–H and O–H groups in total. The van der Waals surface area contributed by atoms with Crippen molar-refractivity contribution in [2.75, 3.05) is 0 Å². The summed E-state index contributed by atoms with van der Waals surface area (Å²) < 4.78 is 47.8. The molecule has 0 spiro atoms. The first-order valence-electron chi connectivity index (χ1n) is 11.9. The minimum absolute atomic E-state index is 0.0731. The molecule has 11 heteroatoms. The zero-order valence-corrected chi connectivity index (χ0v) is 22.7. The number of alkyl halides is 3. The average molecular weight is 571 g/mol. The van der Waals surface area contributed by atoms with E-state index in [1.807, 2.05) is 38.1 Å². The number of fused-ring (bicyclic) bond motifs is 1. The Balaban J connectivity index is 1.52. The molecule has 0 radical (unpaired) electrons. The summed E-state index contributed by atoms with van der Waals surface area (Å²) in [6, 6.07) is 11.3. The van der Waals surface area contributed by atoms with Crippen molar-refractivity contribution >= 4 is 33.8 Å². The summed E-state index contributed by atoms with van der Waals surface area (Å²) in [6.07, 6.45) is -3.42. The Hall–Kier alpha value is -3.76. The van der Waals surface area contributed by atoms with Gasteiger partial charge in [0.15, 0.2) is 0 Å². The molecule has 1 aromatic carbocycles. The van der Waals surface area contributed by atoms with Gasteiger partial charge in [-0.25, -0.2) is 9.97 Å². The van der Waals surface area contributed by atoms with Crippen LogP contribution < -0.4 is 10.3 Å². The zero-order chi connectivity index (χ0) is 27.9. The molecule has 5 rings (SSSR count). The van der Waals surface area contributed by atoms with Crippen LogP contribution in [-0.2, 0) is 19.3 Å². The molecule has 0 saturated carbocycles. The summed E-state index contributed by atoms with van der Waals surface area (Å²) in [5.41, 5.74) is 4.89. The van der Waals surface area contributed by atoms with Crippen molar-refractivity contribution in [3.05, 3.63) is 103 Å². The van der Waals surface area contributed by atoms with Crippen LogP contribution >= 0.6 is 22.9 Å². The first-order chi connectivity index (χ1) is 18.5. The molecule has 0 unspecified atom stereocenters. The minimum atomic E-state index is -4.75. The number of ether oxygens (including phenoxy) is 1. The van der Waals surface area contributed by atoms with Gasteiger partial charge in [-0.1, -0.05) is 23.7 Å². The van der Waals surface area contributed by atoms with Gasteiger partial charge < -0.3 is 9.30 Å². The van der Waals surface area contributed by atoms with E-state index in [9.17, 15) is 18.0 Å². The summed E-state index contributed by atoms with van der Waals surface area (Å²) in [5, 5.41) is 0.820. The third kappa shape index (κ3) is 5.39. The summed E-state index contributed by atoms with van der Waals surface area (Å²) >= 11 is 7.72. The third-order valence-corrected chi connectivity index (χ3v) is 7.35. The molecule has 6 nitrogen and oxygen atoms in total. The molecule has 0 saturated heterocycles. The first kappa shape index (κ1) is 26.8. The topological polar surface area (TPSA) is 69.9 Å². The van der Waals surface area contributed by atoms with E-state index < -0.39 is 17.3 Å². The molecule has 0 atom stereocenters. The number of benzene rings is 1. The van der Waals surface area contributed by atoms with Gasteiger partial charge in [-0.2, -0.15) is 13.2 Å². The van der Waals surface area contributed by atoms with Crippen LogP contribution in [0.2, 0.25) is 4.34 Å². The number of thiazole rings is 1. The highest BCUT2D eigenvalue weighted by Crippen LogP contribution is 2.37. The van der Waals surface area contributed by atoms with Gasteiger partial charge >= 0.3 is 6.18 Å². The van der Waals surface area contributed by atoms with E-state index in [4.69, 9.17) is 21.3 Å². The Bertz CT molecular complexity index is 1760. The Morgan fingerprint density at radius 2 is 1.82 bits per heavy atom. The van der Waals surface area contributed by atoms with Crippen LogP contribution in [0.4, 0.5) is 13.2 Å². The maximum Gasteiger partial charge on any atom is 0.421 e. The van der Waals surface area contributed by atoms with Crippen molar-refractivity contribution in [3.63, 3.8) is 0 Å². The number of nitrogens with zero attached hydrogens (tertiary/aromatic N) is 4. The number of pyridine rings is 3. The Morgan fingerprint density at radius 1 is 1.05 bits per heavy atom. The van der Waals surface area contributed by atoms with Crippen molar-refractivity contribution in [3.8, 4) is 17.0 Å². The second-order valence-electron chi connectivity index (χ2n) is 9.09. The van der Waals surface area contributed by atoms with Crippen LogP contribution in [-0.4, -0.2) is 19.5 Å². The largest absolute Gasteiger partial charge is 0.487 e. The fourth-order valence-corrected chi connectivity index (χ4v) is 5.32. The summed E-state index contributed by atoms with van der Waals surface area (Å²) in [6.45, 7) is 5.48. The number of hydrogen-bond donors (Lipinski definition) is 0. The SMILES string of the molecule is Cc1cc(C)c(COc2cccc3c(-c4ncsc4Cl)cc(C)nc23)c(Cn2cccc(C(F)(F)F)c2=O)n1. The van der Waals surface area contributed by atoms with Crippen LogP contribution in [0.25, 0.3) is 22.2 Å². The van der Waals surface area contributed by atoms with Crippen LogP contribution in [0.1, 0.15) is 33.8 Å². The highest BCUT2D eigenvalue weighted by Gasteiger charge is 2.34. The lowest BCUT2D eigenvalue weighted by Crippen LogP contribution is -2.29. The number of rotatable bonds is 6. The van der Waals surface area contributed by atoms with Gasteiger partial charge in [0.2, 0.25) is 0 Å². The standard InChI is InChI=1S/C28H22ClF3N4O2S/c1-15-10-16(2)34-22(12-36-9-5-7-21(27(36)37)28(30,31)32)20(15)13-38-23-8-4-6-18-19(11-17(3)35-24(18)23)25-26(29)39-14-33-25/h4-11,14H,12-13H2,1-3H3. The zero-order valence-electron chi connectivity index (χ0n) is 21.1. The highest BCUT2D eigenvalue weighted by molar-refractivity contribution is 7.14. The van der Waals surface area contributed by atoms with Gasteiger partial charge in [0.1, 0.15) is 33.5 Å². The van der Waals surface area contributed by atoms with Gasteiger partial charge in [-0.05, 0) is 56.7 Å². The van der Waals surface area contributed by atoms with E-state index >= 15 is 0 Å². The molecule has 0 aliphatic heterocycles. The monoisotopic (exact) mass is 570 g/mol. The molecule has 5 aromatic rings. The molecule has 0 bridgehead atoms. The van der Waals surface area contributed by atoms with E-state index in [1.165, 1.54) is 23.6 Å². The number of halogens is 4. The van der Waals surface area contributed by atoms with E-state index in [1.54, 1.807) is 18.5 Å². The number of para-hydroxylation sites is 1. The molecular formula is C28H22ClF3N4O2S. The van der Waals surface area contributed by atoms with E-state index in [-0.39, 0.29) is 13.2 Å². The quantitative estimate of drug-likeness (QED) is 0.217. The van der Waals surface area contributed by atoms with Crippen molar-refractivity contribution in [2.45, 2.75) is 40.1 Å². The van der Waals surface area contributed by atoms with Crippen molar-refractivity contribution in [1.82, 2.24) is 19.5 Å². The number of aryl methyl sites for hydroxylation is 3. The van der Waals surface area contributed by atoms with Gasteiger partial charge in [0.25, 0.3) is 5.56 Å². The third-order valence-electron chi connectivity index (χ3n) is 6.29. The van der Waals surface area contributed by atoms with Crippen molar-refractivity contribution < 1.29 is 17.9 Å². The Labute approximate surface area is 230 Å². The second-order valence-corrected chi connectivity index (χ2v) is 10.5. The second kappa shape index (κ2) is 10.4. The lowest BCUT2D eigenvalue weighted by atomic mass is 10.0. The van der Waals surface area contributed by atoms with E-state index in [2.05, 4.69) is 9.97 Å². The van der Waals surface area contributed by atoms with Gasteiger partial charge in [-0.3, -0.25) is 9.78 Å². The van der Waals surface area contributed by atoms with Crippen LogP contribution in [0.3, 0.4) is 0 Å². The van der Waals surface area contributed by atoms with Gasteiger partial charge in [-0.15, -0.1) is 11.3 Å². The molecule has 39 heavy (non-hydrogen) atoms. The summed E-state index contributed by atoms with van der Waals surface area (Å²) in [5.74, 6) is 0.519. The smallest absolute Gasteiger partial charge is 0.421 e. The van der Waals surface area contributed by atoms with Crippen LogP contribution in [0, 0.1) is 20.8 Å². The fourth-order valence-electron chi connectivity index (χ4n) is 4.53. The molecule has 4 aromatic heterocycles. The molecular weight excluding hydrogens is 549 g/mol. The molecule has 0 fully saturated rings. The lowest BCUT2D eigenvalue weighted by molar-refractivity contribution is -0.138. The van der Waals surface area contributed by atoms with Crippen molar-refractivity contribution in [2.24, 2.45) is 0 Å². The van der Waals surface area contributed by atoms with E-state index in [0.29, 0.717) is 38.2 Å². The average Bonchev–Trinajstić information content (AvgIpc) is 3.29. The maximum absolute atomic E-state index is 13.3. The Kier molecular flexibility index (Phi) is 7.17. The molecule has 0 aliphatic rings. The lowest BCUT2D eigenvalue weighted by Gasteiger charge is -2.17. The van der Waals surface area contributed by atoms with Gasteiger partial charge in [0.05, 0.1) is 17.7 Å². The molecule has 0 amide bonds. The number of hydrogen-bond acceptors (Lipinski definition) is 6. The molecule has 0 aliphatic carbocycles. The highest BCUT2D eigenvalue weighted by atomic mass is 35.5. The summed E-state index contributed by atoms with van der Waals surface area (Å²) in [4.78, 5) is 26.2. The van der Waals surface area contributed by atoms with Crippen molar-refractivity contribution in [1.29, 1.82) is 0 Å². The predicted molar refractivity (Wildman–Crippen MR) is 145 cm³/mol. The van der Waals surface area contributed by atoms with Crippen LogP contribution in [0.15, 0.2) is 59.0 Å². The first-order valence-corrected chi connectivity index (χ1v) is 13.1. The summed E-state index contributed by atoms with van der Waals surface area (Å²) in [7, 11) is 0. The minimum Gasteiger partial charge on any atom is -0.487 e. The molecule has 200 valence electrons. The number of aromatic nitrogens is 4. The molecule has 4 heterocycles. The maximum atomic E-state index is 13.3. The van der Waals surface area contributed by atoms with Crippen LogP contribution in [0.5, 0.6) is 5.75 Å².